The molecule has 6 heterocycles. The van der Waals surface area contributed by atoms with E-state index in [9.17, 15) is 9.18 Å². The van der Waals surface area contributed by atoms with Crippen molar-refractivity contribution in [2.75, 3.05) is 44.6 Å². The van der Waals surface area contributed by atoms with Crippen molar-refractivity contribution in [1.82, 2.24) is 39.2 Å². The van der Waals surface area contributed by atoms with Crippen LogP contribution in [0.5, 0.6) is 0 Å². The monoisotopic (exact) mass is 738 g/mol. The van der Waals surface area contributed by atoms with Crippen molar-refractivity contribution in [3.8, 4) is 16.9 Å². The third-order valence-electron chi connectivity index (χ3n) is 10.9. The molecule has 2 aromatic carbocycles. The van der Waals surface area contributed by atoms with E-state index in [0.717, 1.165) is 17.6 Å². The van der Waals surface area contributed by atoms with Crippen LogP contribution in [-0.4, -0.2) is 97.6 Å². The Morgan fingerprint density at radius 3 is 2.54 bits per heavy atom. The molecule has 6 aromatic rings. The summed E-state index contributed by atoms with van der Waals surface area (Å²) in [5.74, 6) is -0.0580. The number of likely N-dealkylation sites (N-methyl/N-ethyl adjacent to an activating group) is 1. The van der Waals surface area contributed by atoms with Gasteiger partial charge in [0.1, 0.15) is 46.4 Å². The van der Waals surface area contributed by atoms with E-state index in [2.05, 4.69) is 15.4 Å². The van der Waals surface area contributed by atoms with E-state index < -0.39 is 35.2 Å². The highest BCUT2D eigenvalue weighted by molar-refractivity contribution is 5.94. The van der Waals surface area contributed by atoms with E-state index >= 15 is 8.78 Å². The number of ether oxygens (including phenoxy) is 2. The van der Waals surface area contributed by atoms with Crippen LogP contribution in [0.25, 0.3) is 39.0 Å². The van der Waals surface area contributed by atoms with Gasteiger partial charge in [0.05, 0.1) is 41.0 Å². The highest BCUT2D eigenvalue weighted by atomic mass is 19.1. The fourth-order valence-corrected chi connectivity index (χ4v) is 7.89. The van der Waals surface area contributed by atoms with Crippen LogP contribution in [0.4, 0.5) is 24.8 Å². The van der Waals surface area contributed by atoms with Gasteiger partial charge in [-0.2, -0.15) is 5.10 Å². The number of hydrogen-bond acceptors (Lipinski definition) is 10. The van der Waals surface area contributed by atoms with Gasteiger partial charge in [-0.25, -0.2) is 37.8 Å². The first-order valence-electron chi connectivity index (χ1n) is 17.8. The number of aryl methyl sites for hydroxylation is 1. The van der Waals surface area contributed by atoms with Crippen LogP contribution in [-0.2, 0) is 26.4 Å². The van der Waals surface area contributed by atoms with Crippen molar-refractivity contribution in [1.29, 1.82) is 0 Å². The molecule has 278 valence electrons. The van der Waals surface area contributed by atoms with Crippen molar-refractivity contribution in [3.05, 3.63) is 83.8 Å². The largest absolute Gasteiger partial charge is 0.378 e. The Kier molecular flexibility index (Phi) is 8.08. The molecule has 1 amide bonds. The van der Waals surface area contributed by atoms with Crippen molar-refractivity contribution in [3.63, 3.8) is 0 Å². The van der Waals surface area contributed by atoms with Gasteiger partial charge in [0.15, 0.2) is 17.3 Å². The van der Waals surface area contributed by atoms with Crippen molar-refractivity contribution < 1.29 is 27.4 Å². The average Bonchev–Trinajstić information content (AvgIpc) is 3.51. The number of carbonyl (C=O) groups is 1. The lowest BCUT2D eigenvalue weighted by Gasteiger charge is -2.31. The Balaban J connectivity index is 1.18. The number of rotatable bonds is 5. The van der Waals surface area contributed by atoms with Gasteiger partial charge in [0.2, 0.25) is 5.91 Å². The lowest BCUT2D eigenvalue weighted by atomic mass is 10.1. The molecule has 1 saturated carbocycles. The van der Waals surface area contributed by atoms with E-state index in [1.54, 1.807) is 32.4 Å². The number of aromatic nitrogens is 7. The smallest absolute Gasteiger partial charge is 0.245 e. The standard InChI is InChI=1S/C38H37F3N10O3/c1-20-43-29-14-22(40)12-25-28-6-5-7-32(45-28)44-23-15-31(36(52)48(2)18-24(53-3)19-49(20)33(25)29)50(17-23)34-26-16-42-51(30-9-8-21(39)13-27(30)41)35(26)47-37(46-34)38(54-4)10-11-38/h5-9,12-14,16,23-24,31H,10-11,15,17-19H2,1-4H3,(H,44,45)/t23-,24-,31-/m0/s1. The summed E-state index contributed by atoms with van der Waals surface area (Å²) >= 11 is 0. The third-order valence-corrected chi connectivity index (χ3v) is 10.9. The van der Waals surface area contributed by atoms with Gasteiger partial charge < -0.3 is 29.2 Å². The minimum absolute atomic E-state index is 0.0162. The number of fused-ring (bicyclic) bond motifs is 6. The Labute approximate surface area is 307 Å². The minimum Gasteiger partial charge on any atom is -0.378 e. The van der Waals surface area contributed by atoms with Gasteiger partial charge in [-0.05, 0) is 56.5 Å². The number of halogens is 3. The van der Waals surface area contributed by atoms with Crippen LogP contribution in [0, 0.1) is 24.4 Å². The molecule has 2 aliphatic heterocycles. The fourth-order valence-electron chi connectivity index (χ4n) is 7.89. The first kappa shape index (κ1) is 34.2. The first-order chi connectivity index (χ1) is 26.1. The SMILES string of the molecule is CO[C@H]1CN(C)C(=O)[C@@H]2C[C@@H](CN2c2nc(C3(OC)CC3)nc3c2cnn3-c2ccc(F)cc2F)Nc2cccc(n2)-c2cc(F)cc3nc(C)n(c23)C1. The summed E-state index contributed by atoms with van der Waals surface area (Å²) in [5, 5.41) is 8.51. The summed E-state index contributed by atoms with van der Waals surface area (Å²) in [4.78, 5) is 37.7. The van der Waals surface area contributed by atoms with Crippen LogP contribution in [0.2, 0.25) is 0 Å². The summed E-state index contributed by atoms with van der Waals surface area (Å²) in [7, 11) is 4.94. The van der Waals surface area contributed by atoms with Gasteiger partial charge in [0, 0.05) is 58.1 Å². The molecule has 16 heteroatoms. The minimum atomic E-state index is -0.803. The van der Waals surface area contributed by atoms with Crippen LogP contribution in [0.15, 0.2) is 54.7 Å². The van der Waals surface area contributed by atoms with Gasteiger partial charge in [-0.15, -0.1) is 0 Å². The number of benzene rings is 2. The number of methoxy groups -OCH3 is 2. The summed E-state index contributed by atoms with van der Waals surface area (Å²) in [5.41, 5.74) is 1.95. The highest BCUT2D eigenvalue weighted by Crippen LogP contribution is 2.48. The van der Waals surface area contributed by atoms with Gasteiger partial charge in [-0.1, -0.05) is 6.07 Å². The summed E-state index contributed by atoms with van der Waals surface area (Å²) in [6, 6.07) is 10.7. The number of amides is 1. The number of hydrogen-bond donors (Lipinski definition) is 1. The number of carbonyl (C=O) groups excluding carboxylic acids is 1. The number of imidazole rings is 1. The van der Waals surface area contributed by atoms with E-state index in [1.807, 2.05) is 34.6 Å². The number of pyridine rings is 1. The van der Waals surface area contributed by atoms with E-state index in [4.69, 9.17) is 24.4 Å². The maximum atomic E-state index is 15.2. The third kappa shape index (κ3) is 5.62. The fraction of sp³-hybridized carbons (Fsp3) is 0.368. The Bertz CT molecular complexity index is 2460. The molecule has 0 radical (unpaired) electrons. The maximum Gasteiger partial charge on any atom is 0.245 e. The zero-order valence-electron chi connectivity index (χ0n) is 30.1. The van der Waals surface area contributed by atoms with Crippen LogP contribution >= 0.6 is 0 Å². The first-order valence-corrected chi connectivity index (χ1v) is 17.8. The van der Waals surface area contributed by atoms with Crippen molar-refractivity contribution in [2.24, 2.45) is 0 Å². The van der Waals surface area contributed by atoms with Crippen molar-refractivity contribution in [2.45, 2.75) is 56.5 Å². The normalized spacial score (nSPS) is 21.0. The molecule has 1 N–H and O–H groups in total. The topological polar surface area (TPSA) is 128 Å². The Morgan fingerprint density at radius 2 is 1.78 bits per heavy atom. The van der Waals surface area contributed by atoms with E-state index in [1.165, 1.54) is 22.9 Å². The molecule has 0 unspecified atom stereocenters. The zero-order valence-corrected chi connectivity index (χ0v) is 30.1. The van der Waals surface area contributed by atoms with Crippen LogP contribution in [0.3, 0.4) is 0 Å². The molecule has 3 atom stereocenters. The summed E-state index contributed by atoms with van der Waals surface area (Å²) in [6.07, 6.45) is 2.84. The molecule has 4 aromatic heterocycles. The molecule has 1 saturated heterocycles. The summed E-state index contributed by atoms with van der Waals surface area (Å²) < 4.78 is 59.3. The van der Waals surface area contributed by atoms with Crippen molar-refractivity contribution >= 4 is 39.6 Å². The average molecular weight is 739 g/mol. The van der Waals surface area contributed by atoms with E-state index in [-0.39, 0.29) is 24.2 Å². The van der Waals surface area contributed by atoms with Crippen LogP contribution < -0.4 is 10.2 Å². The second-order valence-electron chi connectivity index (χ2n) is 14.3. The lowest BCUT2D eigenvalue weighted by Crippen LogP contribution is -2.47. The Hall–Kier alpha value is -5.61. The lowest BCUT2D eigenvalue weighted by molar-refractivity contribution is -0.132. The number of nitrogens with one attached hydrogen (secondary N) is 1. The predicted octanol–water partition coefficient (Wildman–Crippen LogP) is 5.13. The Morgan fingerprint density at radius 1 is 0.944 bits per heavy atom. The molecular weight excluding hydrogens is 701 g/mol. The van der Waals surface area contributed by atoms with E-state index in [0.29, 0.717) is 83.4 Å². The molecule has 13 nitrogen and oxygen atoms in total. The molecule has 1 aliphatic carbocycles. The second-order valence-corrected chi connectivity index (χ2v) is 14.3. The molecule has 3 aliphatic rings. The molecule has 9 rings (SSSR count). The van der Waals surface area contributed by atoms with Gasteiger partial charge >= 0.3 is 0 Å². The molecule has 2 fully saturated rings. The summed E-state index contributed by atoms with van der Waals surface area (Å²) in [6.45, 7) is 2.79. The number of anilines is 2. The quantitative estimate of drug-likeness (QED) is 0.254. The maximum absolute atomic E-state index is 15.2. The van der Waals surface area contributed by atoms with Gasteiger partial charge in [0.25, 0.3) is 0 Å². The van der Waals surface area contributed by atoms with Gasteiger partial charge in [-0.3, -0.25) is 4.79 Å². The number of nitrogens with zero attached hydrogens (tertiary/aromatic N) is 9. The zero-order chi connectivity index (χ0) is 37.5. The molecule has 0 spiro atoms. The highest BCUT2D eigenvalue weighted by Gasteiger charge is 2.49. The molecular formula is C38H37F3N10O3. The molecule has 54 heavy (non-hydrogen) atoms. The predicted molar refractivity (Wildman–Crippen MR) is 194 cm³/mol. The second kappa shape index (κ2) is 12.8. The molecule has 4 bridgehead atoms. The van der Waals surface area contributed by atoms with Crippen LogP contribution in [0.1, 0.15) is 30.9 Å².